The second kappa shape index (κ2) is 9.57. The number of benzene rings is 2. The molecule has 0 spiro atoms. The maximum atomic E-state index is 12.8. The minimum Gasteiger partial charge on any atom is -0.382 e. The Morgan fingerprint density at radius 1 is 1.09 bits per heavy atom. The highest BCUT2D eigenvalue weighted by molar-refractivity contribution is 7.90. The van der Waals surface area contributed by atoms with Crippen LogP contribution in [0.5, 0.6) is 0 Å². The summed E-state index contributed by atoms with van der Waals surface area (Å²) >= 11 is 0. The fourth-order valence-electron chi connectivity index (χ4n) is 3.72. The molecule has 34 heavy (non-hydrogen) atoms. The molecule has 1 atom stereocenters. The highest BCUT2D eigenvalue weighted by Crippen LogP contribution is 2.26. The summed E-state index contributed by atoms with van der Waals surface area (Å²) in [5, 5.41) is 6.09. The predicted octanol–water partition coefficient (Wildman–Crippen LogP) is 2.23. The van der Waals surface area contributed by atoms with Crippen molar-refractivity contribution < 1.29 is 18.0 Å². The number of hydrogen-bond acceptors (Lipinski definition) is 8. The molecule has 0 saturated carbocycles. The van der Waals surface area contributed by atoms with E-state index < -0.39 is 21.8 Å². The molecular formula is C23H24N6O4S. The third kappa shape index (κ3) is 5.21. The second-order valence-corrected chi connectivity index (χ2v) is 9.58. The number of aromatic nitrogens is 2. The number of sulfonamides is 1. The van der Waals surface area contributed by atoms with Crippen LogP contribution in [0.3, 0.4) is 0 Å². The van der Waals surface area contributed by atoms with E-state index in [9.17, 15) is 18.0 Å². The second-order valence-electron chi connectivity index (χ2n) is 7.90. The molecule has 1 unspecified atom stereocenters. The fraction of sp³-hybridized carbons (Fsp3) is 0.217. The normalized spacial score (nSPS) is 15.6. The van der Waals surface area contributed by atoms with Crippen molar-refractivity contribution >= 4 is 33.3 Å². The number of carbonyl (C=O) groups excluding carboxylic acids is 2. The number of rotatable bonds is 6. The summed E-state index contributed by atoms with van der Waals surface area (Å²) in [4.78, 5) is 32.3. The van der Waals surface area contributed by atoms with Crippen molar-refractivity contribution in [2.24, 2.45) is 0 Å². The number of hydrogen-bond donors (Lipinski definition) is 4. The molecule has 4 rings (SSSR count). The van der Waals surface area contributed by atoms with Gasteiger partial charge in [-0.05, 0) is 49.2 Å². The maximum absolute atomic E-state index is 12.8. The third-order valence-electron chi connectivity index (χ3n) is 5.39. The van der Waals surface area contributed by atoms with E-state index in [1.165, 1.54) is 36.0 Å². The first kappa shape index (κ1) is 23.3. The molecule has 176 valence electrons. The van der Waals surface area contributed by atoms with Crippen molar-refractivity contribution in [2.45, 2.75) is 30.7 Å². The minimum atomic E-state index is -3.97. The monoisotopic (exact) mass is 480 g/mol. The van der Waals surface area contributed by atoms with Crippen molar-refractivity contribution in [2.75, 3.05) is 17.6 Å². The molecule has 1 aliphatic rings. The van der Waals surface area contributed by atoms with Crippen molar-refractivity contribution in [3.05, 3.63) is 66.0 Å². The number of nitrogens with zero attached hydrogens (tertiary/aromatic N) is 2. The molecule has 2 aromatic carbocycles. The van der Waals surface area contributed by atoms with Gasteiger partial charge >= 0.3 is 0 Å². The van der Waals surface area contributed by atoms with Gasteiger partial charge in [-0.1, -0.05) is 24.3 Å². The molecule has 11 heteroatoms. The van der Waals surface area contributed by atoms with Gasteiger partial charge in [0.15, 0.2) is 11.5 Å². The molecule has 0 aliphatic carbocycles. The van der Waals surface area contributed by atoms with Crippen LogP contribution in [0.4, 0.5) is 11.5 Å². The van der Waals surface area contributed by atoms with E-state index in [4.69, 9.17) is 5.73 Å². The Morgan fingerprint density at radius 2 is 1.79 bits per heavy atom. The van der Waals surface area contributed by atoms with Gasteiger partial charge in [-0.15, -0.1) is 0 Å². The molecule has 0 radical (unpaired) electrons. The number of amides is 2. The molecule has 5 N–H and O–H groups in total. The highest BCUT2D eigenvalue weighted by Gasteiger charge is 2.19. The van der Waals surface area contributed by atoms with Gasteiger partial charge in [0.2, 0.25) is 5.91 Å². The quantitative estimate of drug-likeness (QED) is 0.418. The first-order valence-electron chi connectivity index (χ1n) is 10.6. The molecule has 1 aromatic heterocycles. The van der Waals surface area contributed by atoms with E-state index in [1.54, 1.807) is 0 Å². The minimum absolute atomic E-state index is 0.0297. The van der Waals surface area contributed by atoms with E-state index in [0.717, 1.165) is 31.9 Å². The van der Waals surface area contributed by atoms with Crippen LogP contribution in [0.2, 0.25) is 0 Å². The largest absolute Gasteiger partial charge is 0.382 e. The smallest absolute Gasteiger partial charge is 0.278 e. The number of nitrogens with one attached hydrogen (secondary N) is 3. The van der Waals surface area contributed by atoms with Crippen LogP contribution in [0.1, 0.15) is 41.9 Å². The van der Waals surface area contributed by atoms with Crippen LogP contribution in [-0.2, 0) is 14.8 Å². The molecular weight excluding hydrogens is 456 g/mol. The maximum Gasteiger partial charge on any atom is 0.278 e. The zero-order chi connectivity index (χ0) is 24.3. The van der Waals surface area contributed by atoms with E-state index >= 15 is 0 Å². The molecule has 0 bridgehead atoms. The van der Waals surface area contributed by atoms with Crippen LogP contribution >= 0.6 is 0 Å². The number of anilines is 2. The molecule has 1 fully saturated rings. The van der Waals surface area contributed by atoms with E-state index in [1.807, 2.05) is 29.0 Å². The fourth-order valence-corrected chi connectivity index (χ4v) is 4.71. The molecule has 1 aliphatic heterocycles. The van der Waals surface area contributed by atoms with Gasteiger partial charge in [-0.25, -0.2) is 23.1 Å². The lowest BCUT2D eigenvalue weighted by molar-refractivity contribution is -0.117. The molecule has 2 amide bonds. The van der Waals surface area contributed by atoms with E-state index in [-0.39, 0.29) is 16.4 Å². The van der Waals surface area contributed by atoms with Crippen molar-refractivity contribution in [3.63, 3.8) is 0 Å². The van der Waals surface area contributed by atoms with E-state index in [0.29, 0.717) is 17.4 Å². The van der Waals surface area contributed by atoms with Crippen LogP contribution in [0.15, 0.2) is 59.6 Å². The summed E-state index contributed by atoms with van der Waals surface area (Å²) < 4.78 is 26.0. The zero-order valence-electron chi connectivity index (χ0n) is 18.4. The lowest BCUT2D eigenvalue weighted by Gasteiger charge is -2.12. The Morgan fingerprint density at radius 3 is 2.41 bits per heavy atom. The highest BCUT2D eigenvalue weighted by atomic mass is 32.2. The number of nitrogens with two attached hydrogens (primary N) is 1. The Labute approximate surface area is 197 Å². The van der Waals surface area contributed by atoms with Crippen LogP contribution < -0.4 is 21.1 Å². The first-order valence-corrected chi connectivity index (χ1v) is 12.1. The average Bonchev–Trinajstić information content (AvgIpc) is 3.34. The standard InChI is InChI=1S/C23H24N6O4S/c1-14(30)29-34(32,33)18-10-8-17(9-11-18)27-23(31)21-22(24)26-13-20(28-21)16-6-4-15(5-7-16)19-3-2-12-25-19/h4-11,13,19,25H,2-3,12H2,1H3,(H2,24,26)(H,27,31)(H,29,30). The van der Waals surface area contributed by atoms with Gasteiger partial charge in [0, 0.05) is 24.2 Å². The van der Waals surface area contributed by atoms with Crippen molar-refractivity contribution in [1.29, 1.82) is 0 Å². The summed E-state index contributed by atoms with van der Waals surface area (Å²) in [5.41, 5.74) is 8.68. The Hall–Kier alpha value is -3.83. The van der Waals surface area contributed by atoms with Crippen molar-refractivity contribution in [1.82, 2.24) is 20.0 Å². The van der Waals surface area contributed by atoms with Gasteiger partial charge in [-0.2, -0.15) is 0 Å². The van der Waals surface area contributed by atoms with Gasteiger partial charge in [0.1, 0.15) is 0 Å². The predicted molar refractivity (Wildman–Crippen MR) is 127 cm³/mol. The van der Waals surface area contributed by atoms with Gasteiger partial charge < -0.3 is 16.4 Å². The first-order chi connectivity index (χ1) is 16.2. The van der Waals surface area contributed by atoms with Gasteiger partial charge in [0.05, 0.1) is 16.8 Å². The average molecular weight is 481 g/mol. The summed E-state index contributed by atoms with van der Waals surface area (Å²) in [6.07, 6.45) is 3.77. The third-order valence-corrected chi connectivity index (χ3v) is 6.83. The van der Waals surface area contributed by atoms with Crippen LogP contribution in [0.25, 0.3) is 11.3 Å². The molecule has 1 saturated heterocycles. The zero-order valence-corrected chi connectivity index (χ0v) is 19.2. The summed E-state index contributed by atoms with van der Waals surface area (Å²) in [5.74, 6) is -1.31. The summed E-state index contributed by atoms with van der Waals surface area (Å²) in [6.45, 7) is 2.12. The lowest BCUT2D eigenvalue weighted by atomic mass is 10.0. The molecule has 3 aromatic rings. The van der Waals surface area contributed by atoms with E-state index in [2.05, 4.69) is 20.6 Å². The number of nitrogen functional groups attached to an aromatic ring is 1. The number of carbonyl (C=O) groups is 2. The van der Waals surface area contributed by atoms with Crippen molar-refractivity contribution in [3.8, 4) is 11.3 Å². The van der Waals surface area contributed by atoms with Crippen LogP contribution in [0, 0.1) is 0 Å². The summed E-state index contributed by atoms with van der Waals surface area (Å²) in [7, 11) is -3.97. The molecule has 2 heterocycles. The SMILES string of the molecule is CC(=O)NS(=O)(=O)c1ccc(NC(=O)c2nc(-c3ccc(C4CCCN4)cc3)cnc2N)cc1. The van der Waals surface area contributed by atoms with Gasteiger partial charge in [-0.3, -0.25) is 9.59 Å². The topological polar surface area (TPSA) is 156 Å². The Kier molecular flexibility index (Phi) is 6.57. The molecule has 10 nitrogen and oxygen atoms in total. The Balaban J connectivity index is 1.50. The summed E-state index contributed by atoms with van der Waals surface area (Å²) in [6, 6.07) is 13.6. The lowest BCUT2D eigenvalue weighted by Crippen LogP contribution is -2.28. The Bertz CT molecular complexity index is 1320. The van der Waals surface area contributed by atoms with Gasteiger partial charge in [0.25, 0.3) is 15.9 Å². The van der Waals surface area contributed by atoms with Crippen LogP contribution in [-0.4, -0.2) is 36.7 Å².